The summed E-state index contributed by atoms with van der Waals surface area (Å²) in [6, 6.07) is 6.72. The number of hydrogen-bond acceptors (Lipinski definition) is 6. The van der Waals surface area contributed by atoms with Gasteiger partial charge in [-0.2, -0.15) is 0 Å². The van der Waals surface area contributed by atoms with Gasteiger partial charge in [-0.25, -0.2) is 9.78 Å². The number of anilines is 1. The molecule has 1 aromatic heterocycles. The first-order valence-corrected chi connectivity index (χ1v) is 8.01. The second kappa shape index (κ2) is 7.90. The van der Waals surface area contributed by atoms with Crippen LogP contribution in [0.3, 0.4) is 0 Å². The number of carbonyl (C=O) groups is 2. The van der Waals surface area contributed by atoms with E-state index in [4.69, 9.17) is 9.47 Å². The van der Waals surface area contributed by atoms with Crippen molar-refractivity contribution in [3.05, 3.63) is 39.8 Å². The van der Waals surface area contributed by atoms with Crippen molar-refractivity contribution in [1.29, 1.82) is 0 Å². The molecule has 0 aliphatic heterocycles. The molecule has 0 radical (unpaired) electrons. The maximum absolute atomic E-state index is 12.0. The first kappa shape index (κ1) is 16.4. The van der Waals surface area contributed by atoms with Gasteiger partial charge in [-0.1, -0.05) is 23.5 Å². The molecule has 0 aliphatic rings. The maximum atomic E-state index is 12.0. The molecular formula is C14H13BrN2O4S. The molecule has 1 aromatic carbocycles. The van der Waals surface area contributed by atoms with Crippen LogP contribution in [0, 0.1) is 0 Å². The summed E-state index contributed by atoms with van der Waals surface area (Å²) in [6.45, 7) is 1.86. The highest BCUT2D eigenvalue weighted by Crippen LogP contribution is 2.23. The van der Waals surface area contributed by atoms with Gasteiger partial charge in [0.1, 0.15) is 11.3 Å². The number of benzene rings is 1. The van der Waals surface area contributed by atoms with E-state index in [1.807, 2.05) is 6.92 Å². The fraction of sp³-hybridized carbons (Fsp3) is 0.214. The molecule has 0 atom stereocenters. The molecule has 0 bridgehead atoms. The van der Waals surface area contributed by atoms with Gasteiger partial charge in [-0.15, -0.1) is 0 Å². The minimum absolute atomic E-state index is 0.286. The van der Waals surface area contributed by atoms with E-state index in [0.717, 1.165) is 3.79 Å². The lowest BCUT2D eigenvalue weighted by atomic mass is 10.2. The molecule has 1 amide bonds. The SMILES string of the molecule is CCOc1ccccc1C(=O)OCC(=O)Nc1ncc(Br)s1. The van der Waals surface area contributed by atoms with Crippen molar-refractivity contribution < 1.29 is 19.1 Å². The number of carbonyl (C=O) groups excluding carboxylic acids is 2. The summed E-state index contributed by atoms with van der Waals surface area (Å²) in [7, 11) is 0. The third-order valence-corrected chi connectivity index (χ3v) is 3.86. The molecule has 6 nitrogen and oxygen atoms in total. The van der Waals surface area contributed by atoms with Gasteiger partial charge in [0.05, 0.1) is 16.6 Å². The molecule has 0 saturated heterocycles. The zero-order valence-corrected chi connectivity index (χ0v) is 14.1. The maximum Gasteiger partial charge on any atom is 0.342 e. The second-order valence-electron chi connectivity index (χ2n) is 4.02. The Balaban J connectivity index is 1.91. The Bertz CT molecular complexity index is 674. The number of amides is 1. The first-order chi connectivity index (χ1) is 10.6. The molecule has 116 valence electrons. The number of para-hydroxylation sites is 1. The largest absolute Gasteiger partial charge is 0.493 e. The van der Waals surface area contributed by atoms with Gasteiger partial charge >= 0.3 is 5.97 Å². The monoisotopic (exact) mass is 384 g/mol. The smallest absolute Gasteiger partial charge is 0.342 e. The number of nitrogens with one attached hydrogen (secondary N) is 1. The molecule has 8 heteroatoms. The molecule has 0 fully saturated rings. The predicted molar refractivity (Wildman–Crippen MR) is 86.3 cm³/mol. The summed E-state index contributed by atoms with van der Waals surface area (Å²) in [5.41, 5.74) is 0.286. The Morgan fingerprint density at radius 2 is 2.14 bits per heavy atom. The third kappa shape index (κ3) is 4.54. The van der Waals surface area contributed by atoms with Crippen LogP contribution < -0.4 is 10.1 Å². The fourth-order valence-electron chi connectivity index (χ4n) is 1.59. The number of rotatable bonds is 6. The van der Waals surface area contributed by atoms with E-state index in [1.165, 1.54) is 11.3 Å². The molecule has 0 aliphatic carbocycles. The number of nitrogens with zero attached hydrogens (tertiary/aromatic N) is 1. The molecule has 2 aromatic rings. The molecule has 1 heterocycles. The third-order valence-electron chi connectivity index (χ3n) is 2.47. The highest BCUT2D eigenvalue weighted by atomic mass is 79.9. The van der Waals surface area contributed by atoms with E-state index in [1.54, 1.807) is 30.5 Å². The normalized spacial score (nSPS) is 10.1. The van der Waals surface area contributed by atoms with Crippen LogP contribution in [0.5, 0.6) is 5.75 Å². The quantitative estimate of drug-likeness (QED) is 0.774. The number of hydrogen-bond donors (Lipinski definition) is 1. The number of thiazole rings is 1. The average molecular weight is 385 g/mol. The van der Waals surface area contributed by atoms with E-state index in [2.05, 4.69) is 26.2 Å². The van der Waals surface area contributed by atoms with Crippen LogP contribution in [0.1, 0.15) is 17.3 Å². The molecule has 0 saturated carbocycles. The van der Waals surface area contributed by atoms with Gasteiger partial charge in [0.25, 0.3) is 5.91 Å². The number of halogens is 1. The highest BCUT2D eigenvalue weighted by molar-refractivity contribution is 9.11. The zero-order valence-electron chi connectivity index (χ0n) is 11.7. The van der Waals surface area contributed by atoms with Crippen LogP contribution in [-0.2, 0) is 9.53 Å². The van der Waals surface area contributed by atoms with Gasteiger partial charge in [0, 0.05) is 0 Å². The average Bonchev–Trinajstić information content (AvgIpc) is 2.91. The lowest BCUT2D eigenvalue weighted by molar-refractivity contribution is -0.119. The van der Waals surface area contributed by atoms with Crippen LogP contribution in [0.15, 0.2) is 34.2 Å². The summed E-state index contributed by atoms with van der Waals surface area (Å²) in [5, 5.41) is 2.97. The topological polar surface area (TPSA) is 77.5 Å². The molecule has 22 heavy (non-hydrogen) atoms. The van der Waals surface area contributed by atoms with Gasteiger partial charge in [-0.3, -0.25) is 10.1 Å². The van der Waals surface area contributed by atoms with E-state index in [-0.39, 0.29) is 5.56 Å². The Hall–Kier alpha value is -1.93. The van der Waals surface area contributed by atoms with Crippen molar-refractivity contribution in [2.45, 2.75) is 6.92 Å². The molecule has 0 unspecified atom stereocenters. The van der Waals surface area contributed by atoms with E-state index < -0.39 is 18.5 Å². The van der Waals surface area contributed by atoms with Crippen LogP contribution in [-0.4, -0.2) is 30.1 Å². The lowest BCUT2D eigenvalue weighted by Crippen LogP contribution is -2.21. The van der Waals surface area contributed by atoms with Crippen molar-refractivity contribution in [2.75, 3.05) is 18.5 Å². The number of aromatic nitrogens is 1. The highest BCUT2D eigenvalue weighted by Gasteiger charge is 2.15. The summed E-state index contributed by atoms with van der Waals surface area (Å²) in [5.74, 6) is -0.636. The summed E-state index contributed by atoms with van der Waals surface area (Å²) >= 11 is 4.51. The first-order valence-electron chi connectivity index (χ1n) is 6.40. The minimum Gasteiger partial charge on any atom is -0.493 e. The number of esters is 1. The predicted octanol–water partition coefficient (Wildman–Crippen LogP) is 3.10. The van der Waals surface area contributed by atoms with E-state index >= 15 is 0 Å². The summed E-state index contributed by atoms with van der Waals surface area (Å²) in [4.78, 5) is 27.7. The van der Waals surface area contributed by atoms with Crippen molar-refractivity contribution in [3.63, 3.8) is 0 Å². The Morgan fingerprint density at radius 1 is 1.36 bits per heavy atom. The van der Waals surface area contributed by atoms with Crippen molar-refractivity contribution in [2.24, 2.45) is 0 Å². The van der Waals surface area contributed by atoms with Gasteiger partial charge in [0.2, 0.25) is 0 Å². The molecular weight excluding hydrogens is 372 g/mol. The van der Waals surface area contributed by atoms with Crippen LogP contribution in [0.2, 0.25) is 0 Å². The standard InChI is InChI=1S/C14H13BrN2O4S/c1-2-20-10-6-4-3-5-9(10)13(19)21-8-12(18)17-14-16-7-11(15)22-14/h3-7H,2,8H2,1H3,(H,16,17,18). The van der Waals surface area contributed by atoms with Crippen molar-refractivity contribution in [1.82, 2.24) is 4.98 Å². The number of ether oxygens (including phenoxy) is 2. The Labute approximate surface area is 139 Å². The van der Waals surface area contributed by atoms with Crippen LogP contribution in [0.25, 0.3) is 0 Å². The van der Waals surface area contributed by atoms with Crippen LogP contribution >= 0.6 is 27.3 Å². The molecule has 1 N–H and O–H groups in total. The van der Waals surface area contributed by atoms with Crippen molar-refractivity contribution in [3.8, 4) is 5.75 Å². The summed E-state index contributed by atoms with van der Waals surface area (Å²) < 4.78 is 11.1. The van der Waals surface area contributed by atoms with Gasteiger partial charge in [-0.05, 0) is 35.0 Å². The zero-order chi connectivity index (χ0) is 15.9. The van der Waals surface area contributed by atoms with Crippen molar-refractivity contribution >= 4 is 44.3 Å². The minimum atomic E-state index is -0.612. The molecule has 0 spiro atoms. The van der Waals surface area contributed by atoms with Crippen LogP contribution in [0.4, 0.5) is 5.13 Å². The van der Waals surface area contributed by atoms with Gasteiger partial charge in [0.15, 0.2) is 11.7 Å². The second-order valence-corrected chi connectivity index (χ2v) is 6.43. The van der Waals surface area contributed by atoms with Gasteiger partial charge < -0.3 is 9.47 Å². The van der Waals surface area contributed by atoms with E-state index in [0.29, 0.717) is 17.5 Å². The molecule has 2 rings (SSSR count). The Morgan fingerprint density at radius 3 is 2.82 bits per heavy atom. The summed E-state index contributed by atoms with van der Waals surface area (Å²) in [6.07, 6.45) is 1.57. The Kier molecular flexibility index (Phi) is 5.91. The van der Waals surface area contributed by atoms with E-state index in [9.17, 15) is 9.59 Å². The lowest BCUT2D eigenvalue weighted by Gasteiger charge is -2.09. The fourth-order valence-corrected chi connectivity index (χ4v) is 2.72.